The maximum atomic E-state index is 12.4. The van der Waals surface area contributed by atoms with Gasteiger partial charge in [0, 0.05) is 32.2 Å². The van der Waals surface area contributed by atoms with Crippen LogP contribution in [0, 0.1) is 0 Å². The molecule has 0 N–H and O–H groups in total. The zero-order valence-corrected chi connectivity index (χ0v) is 12.7. The van der Waals surface area contributed by atoms with Crippen LogP contribution >= 0.6 is 0 Å². The van der Waals surface area contributed by atoms with Gasteiger partial charge < -0.3 is 4.42 Å². The molecular formula is C14H20N2O4S. The number of furan rings is 1. The van der Waals surface area contributed by atoms with Crippen molar-refractivity contribution in [1.29, 1.82) is 0 Å². The van der Waals surface area contributed by atoms with Gasteiger partial charge in [-0.25, -0.2) is 8.42 Å². The summed E-state index contributed by atoms with van der Waals surface area (Å²) < 4.78 is 31.4. The fourth-order valence-electron chi connectivity index (χ4n) is 3.24. The standard InChI is InChI=1S/C14H20N2O4S/c17-11-13-5-6-14(20-13)21(18,19)16-9-7-15(8-10-16)12-3-1-2-4-12/h5-6,11-12H,1-4,7-10H2. The molecule has 6 nitrogen and oxygen atoms in total. The van der Waals surface area contributed by atoms with Gasteiger partial charge in [0.15, 0.2) is 12.0 Å². The van der Waals surface area contributed by atoms with Crippen molar-refractivity contribution < 1.29 is 17.6 Å². The van der Waals surface area contributed by atoms with Crippen LogP contribution in [0.4, 0.5) is 0 Å². The van der Waals surface area contributed by atoms with Crippen LogP contribution in [0.2, 0.25) is 0 Å². The predicted octanol–water partition coefficient (Wildman–Crippen LogP) is 1.34. The van der Waals surface area contributed by atoms with Crippen molar-refractivity contribution in [3.05, 3.63) is 17.9 Å². The van der Waals surface area contributed by atoms with E-state index < -0.39 is 10.0 Å². The van der Waals surface area contributed by atoms with E-state index in [-0.39, 0.29) is 10.9 Å². The van der Waals surface area contributed by atoms with E-state index in [4.69, 9.17) is 4.42 Å². The van der Waals surface area contributed by atoms with Crippen molar-refractivity contribution in [1.82, 2.24) is 9.21 Å². The van der Waals surface area contributed by atoms with Gasteiger partial charge in [0.25, 0.3) is 10.0 Å². The highest BCUT2D eigenvalue weighted by atomic mass is 32.2. The van der Waals surface area contributed by atoms with Crippen molar-refractivity contribution in [3.8, 4) is 0 Å². The van der Waals surface area contributed by atoms with E-state index >= 15 is 0 Å². The summed E-state index contributed by atoms with van der Waals surface area (Å²) in [5.41, 5.74) is 0. The second kappa shape index (κ2) is 5.90. The van der Waals surface area contributed by atoms with Crippen LogP contribution in [0.15, 0.2) is 21.6 Å². The number of piperazine rings is 1. The van der Waals surface area contributed by atoms with Crippen molar-refractivity contribution in [2.75, 3.05) is 26.2 Å². The molecule has 0 aromatic carbocycles. The molecule has 0 unspecified atom stereocenters. The van der Waals surface area contributed by atoms with Crippen LogP contribution in [0.25, 0.3) is 0 Å². The summed E-state index contributed by atoms with van der Waals surface area (Å²) >= 11 is 0. The topological polar surface area (TPSA) is 70.8 Å². The Morgan fingerprint density at radius 3 is 2.33 bits per heavy atom. The zero-order chi connectivity index (χ0) is 14.9. The molecule has 1 aliphatic carbocycles. The number of carbonyl (C=O) groups excluding carboxylic acids is 1. The smallest absolute Gasteiger partial charge is 0.276 e. The molecule has 1 saturated heterocycles. The van der Waals surface area contributed by atoms with E-state index in [9.17, 15) is 13.2 Å². The fourth-order valence-corrected chi connectivity index (χ4v) is 4.58. The van der Waals surface area contributed by atoms with E-state index in [0.29, 0.717) is 25.4 Å². The van der Waals surface area contributed by atoms with Crippen molar-refractivity contribution >= 4 is 16.3 Å². The summed E-state index contributed by atoms with van der Waals surface area (Å²) in [5.74, 6) is 0.0400. The highest BCUT2D eigenvalue weighted by Crippen LogP contribution is 2.26. The number of aldehydes is 1. The Morgan fingerprint density at radius 2 is 1.76 bits per heavy atom. The van der Waals surface area contributed by atoms with Gasteiger partial charge in [0.05, 0.1) is 0 Å². The third kappa shape index (κ3) is 2.90. The summed E-state index contributed by atoms with van der Waals surface area (Å²) in [7, 11) is -3.62. The molecule has 1 aromatic heterocycles. The summed E-state index contributed by atoms with van der Waals surface area (Å²) in [5, 5.41) is -0.140. The van der Waals surface area contributed by atoms with Gasteiger partial charge in [-0.15, -0.1) is 0 Å². The lowest BCUT2D eigenvalue weighted by molar-refractivity contribution is 0.109. The van der Waals surface area contributed by atoms with Gasteiger partial charge in [0.1, 0.15) is 0 Å². The van der Waals surface area contributed by atoms with Crippen molar-refractivity contribution in [2.24, 2.45) is 0 Å². The Kier molecular flexibility index (Phi) is 4.14. The molecule has 0 atom stereocenters. The van der Waals surface area contributed by atoms with Crippen LogP contribution in [0.5, 0.6) is 0 Å². The Morgan fingerprint density at radius 1 is 1.10 bits per heavy atom. The predicted molar refractivity (Wildman–Crippen MR) is 76.7 cm³/mol. The van der Waals surface area contributed by atoms with E-state index in [1.165, 1.54) is 42.1 Å². The second-order valence-corrected chi connectivity index (χ2v) is 7.52. The molecule has 1 saturated carbocycles. The van der Waals surface area contributed by atoms with E-state index in [2.05, 4.69) is 4.90 Å². The van der Waals surface area contributed by atoms with Crippen molar-refractivity contribution in [2.45, 2.75) is 36.8 Å². The first-order chi connectivity index (χ1) is 10.1. The third-order valence-electron chi connectivity index (χ3n) is 4.43. The number of hydrogen-bond donors (Lipinski definition) is 0. The van der Waals surface area contributed by atoms with E-state index in [0.717, 1.165) is 13.1 Å². The SMILES string of the molecule is O=Cc1ccc(S(=O)(=O)N2CCN(C3CCCC3)CC2)o1. The number of nitrogens with zero attached hydrogens (tertiary/aromatic N) is 2. The first-order valence-electron chi connectivity index (χ1n) is 7.40. The molecule has 7 heteroatoms. The number of hydrogen-bond acceptors (Lipinski definition) is 5. The van der Waals surface area contributed by atoms with E-state index in [1.807, 2.05) is 0 Å². The Hall–Kier alpha value is -1.18. The average Bonchev–Trinajstić information content (AvgIpc) is 3.19. The van der Waals surface area contributed by atoms with Crippen LogP contribution in [0.1, 0.15) is 36.2 Å². The van der Waals surface area contributed by atoms with Gasteiger partial charge in [-0.1, -0.05) is 12.8 Å². The minimum Gasteiger partial charge on any atom is -0.440 e. The van der Waals surface area contributed by atoms with E-state index in [1.54, 1.807) is 0 Å². The summed E-state index contributed by atoms with van der Waals surface area (Å²) in [6.45, 7) is 2.50. The number of sulfonamides is 1. The highest BCUT2D eigenvalue weighted by molar-refractivity contribution is 7.89. The highest BCUT2D eigenvalue weighted by Gasteiger charge is 2.33. The van der Waals surface area contributed by atoms with Gasteiger partial charge in [-0.3, -0.25) is 9.69 Å². The molecule has 0 radical (unpaired) electrons. The monoisotopic (exact) mass is 312 g/mol. The quantitative estimate of drug-likeness (QED) is 0.785. The average molecular weight is 312 g/mol. The lowest BCUT2D eigenvalue weighted by atomic mass is 10.2. The maximum absolute atomic E-state index is 12.4. The molecule has 116 valence electrons. The number of rotatable bonds is 4. The van der Waals surface area contributed by atoms with Gasteiger partial charge >= 0.3 is 0 Å². The van der Waals surface area contributed by atoms with Gasteiger partial charge in [0.2, 0.25) is 5.09 Å². The number of carbonyl (C=O) groups is 1. The lowest BCUT2D eigenvalue weighted by Crippen LogP contribution is -2.51. The van der Waals surface area contributed by atoms with Crippen LogP contribution in [-0.2, 0) is 10.0 Å². The normalized spacial score (nSPS) is 22.7. The molecule has 2 heterocycles. The van der Waals surface area contributed by atoms with Crippen LogP contribution in [0.3, 0.4) is 0 Å². The van der Waals surface area contributed by atoms with Crippen molar-refractivity contribution in [3.63, 3.8) is 0 Å². The molecule has 0 spiro atoms. The molecule has 3 rings (SSSR count). The van der Waals surface area contributed by atoms with Gasteiger partial charge in [-0.05, 0) is 25.0 Å². The minimum absolute atomic E-state index is 0.0400. The molecule has 1 aromatic rings. The molecule has 2 aliphatic rings. The second-order valence-electron chi connectivity index (χ2n) is 5.65. The van der Waals surface area contributed by atoms with Gasteiger partial charge in [-0.2, -0.15) is 4.31 Å². The zero-order valence-electron chi connectivity index (χ0n) is 11.9. The molecular weight excluding hydrogens is 292 g/mol. The first kappa shape index (κ1) is 14.7. The van der Waals surface area contributed by atoms with Crippen LogP contribution in [-0.4, -0.2) is 56.1 Å². The molecule has 0 bridgehead atoms. The first-order valence-corrected chi connectivity index (χ1v) is 8.84. The maximum Gasteiger partial charge on any atom is 0.276 e. The fraction of sp³-hybridized carbons (Fsp3) is 0.643. The Bertz CT molecular complexity index is 596. The third-order valence-corrected chi connectivity index (χ3v) is 6.20. The largest absolute Gasteiger partial charge is 0.440 e. The minimum atomic E-state index is -3.62. The summed E-state index contributed by atoms with van der Waals surface area (Å²) in [6.07, 6.45) is 5.53. The molecule has 0 amide bonds. The van der Waals surface area contributed by atoms with Crippen LogP contribution < -0.4 is 0 Å². The summed E-state index contributed by atoms with van der Waals surface area (Å²) in [4.78, 5) is 13.0. The Labute approximate surface area is 124 Å². The lowest BCUT2D eigenvalue weighted by Gasteiger charge is -2.36. The molecule has 2 fully saturated rings. The summed E-state index contributed by atoms with van der Waals surface area (Å²) in [6, 6.07) is 3.36. The molecule has 1 aliphatic heterocycles. The molecule has 21 heavy (non-hydrogen) atoms. The Balaban J connectivity index is 1.66.